The number of hydrogen-bond acceptors (Lipinski definition) is 4. The summed E-state index contributed by atoms with van der Waals surface area (Å²) in [7, 11) is 0. The molecule has 0 spiro atoms. The molecule has 0 saturated carbocycles. The van der Waals surface area contributed by atoms with Gasteiger partial charge in [-0.25, -0.2) is 23.5 Å². The number of rotatable bonds is 2. The highest BCUT2D eigenvalue weighted by Gasteiger charge is 2.40. The van der Waals surface area contributed by atoms with Gasteiger partial charge >= 0.3 is 5.97 Å². The Morgan fingerprint density at radius 2 is 2.25 bits per heavy atom. The SMILES string of the molecule is Cc1c(C(=O)O)c(N2CCC(F)(F)C2)nc2cncn12. The van der Waals surface area contributed by atoms with Gasteiger partial charge < -0.3 is 10.0 Å². The standard InChI is InChI=1S/C12H12F2N4O2/c1-7-9(11(19)20)10(16-8-4-15-6-18(7)8)17-3-2-12(13,14)5-17/h4,6H,2-3,5H2,1H3,(H,19,20). The van der Waals surface area contributed by atoms with E-state index in [2.05, 4.69) is 9.97 Å². The molecule has 0 atom stereocenters. The third-order valence-corrected chi connectivity index (χ3v) is 3.47. The monoisotopic (exact) mass is 282 g/mol. The number of halogens is 2. The van der Waals surface area contributed by atoms with Gasteiger partial charge in [0.25, 0.3) is 5.92 Å². The van der Waals surface area contributed by atoms with Crippen LogP contribution in [0.4, 0.5) is 14.6 Å². The van der Waals surface area contributed by atoms with Crippen molar-refractivity contribution in [2.75, 3.05) is 18.0 Å². The van der Waals surface area contributed by atoms with Crippen LogP contribution >= 0.6 is 0 Å². The van der Waals surface area contributed by atoms with Crippen LogP contribution in [0, 0.1) is 6.92 Å². The maximum absolute atomic E-state index is 13.3. The summed E-state index contributed by atoms with van der Waals surface area (Å²) < 4.78 is 28.2. The smallest absolute Gasteiger partial charge is 0.341 e. The number of fused-ring (bicyclic) bond motifs is 1. The Morgan fingerprint density at radius 1 is 1.50 bits per heavy atom. The number of hydrogen-bond donors (Lipinski definition) is 1. The summed E-state index contributed by atoms with van der Waals surface area (Å²) in [5.74, 6) is -3.91. The zero-order valence-electron chi connectivity index (χ0n) is 10.7. The zero-order valence-corrected chi connectivity index (χ0v) is 10.7. The number of imidazole rings is 1. The first kappa shape index (κ1) is 12.8. The lowest BCUT2D eigenvalue weighted by Crippen LogP contribution is -2.28. The van der Waals surface area contributed by atoms with E-state index in [4.69, 9.17) is 0 Å². The summed E-state index contributed by atoms with van der Waals surface area (Å²) in [6.45, 7) is 1.19. The Bertz CT molecular complexity index is 698. The number of alkyl halides is 2. The lowest BCUT2D eigenvalue weighted by Gasteiger charge is -2.20. The Labute approximate surface area is 112 Å². The van der Waals surface area contributed by atoms with Gasteiger partial charge in [0.2, 0.25) is 0 Å². The molecule has 8 heteroatoms. The highest BCUT2D eigenvalue weighted by Crippen LogP contribution is 2.32. The van der Waals surface area contributed by atoms with E-state index in [0.717, 1.165) is 0 Å². The minimum absolute atomic E-state index is 0.0619. The van der Waals surface area contributed by atoms with Crippen molar-refractivity contribution in [3.05, 3.63) is 23.8 Å². The third kappa shape index (κ3) is 1.87. The van der Waals surface area contributed by atoms with E-state index in [-0.39, 0.29) is 24.3 Å². The highest BCUT2D eigenvalue weighted by molar-refractivity contribution is 5.95. The summed E-state index contributed by atoms with van der Waals surface area (Å²) in [5, 5.41) is 9.35. The Hall–Kier alpha value is -2.25. The van der Waals surface area contributed by atoms with E-state index in [1.807, 2.05) is 0 Å². The summed E-state index contributed by atoms with van der Waals surface area (Å²) in [5.41, 5.74) is 0.802. The molecule has 1 aliphatic heterocycles. The third-order valence-electron chi connectivity index (χ3n) is 3.47. The van der Waals surface area contributed by atoms with Gasteiger partial charge in [0.1, 0.15) is 17.7 Å². The quantitative estimate of drug-likeness (QED) is 0.905. The molecule has 1 N–H and O–H groups in total. The molecule has 6 nitrogen and oxygen atoms in total. The molecule has 0 aliphatic carbocycles. The highest BCUT2D eigenvalue weighted by atomic mass is 19.3. The van der Waals surface area contributed by atoms with Crippen LogP contribution in [0.15, 0.2) is 12.5 Å². The van der Waals surface area contributed by atoms with Crippen LogP contribution < -0.4 is 4.90 Å². The minimum Gasteiger partial charge on any atom is -0.477 e. The van der Waals surface area contributed by atoms with Crippen LogP contribution in [-0.2, 0) is 0 Å². The second-order valence-electron chi connectivity index (χ2n) is 4.85. The minimum atomic E-state index is -2.81. The second-order valence-corrected chi connectivity index (χ2v) is 4.85. The van der Waals surface area contributed by atoms with E-state index < -0.39 is 18.4 Å². The molecule has 1 aliphatic rings. The molecule has 0 radical (unpaired) electrons. The molecule has 3 heterocycles. The average molecular weight is 282 g/mol. The van der Waals surface area contributed by atoms with E-state index in [9.17, 15) is 18.7 Å². The first-order chi connectivity index (χ1) is 9.39. The molecule has 2 aromatic rings. The fraction of sp³-hybridized carbons (Fsp3) is 0.417. The zero-order chi connectivity index (χ0) is 14.5. The number of aromatic carboxylic acids is 1. The Balaban J connectivity index is 2.18. The molecule has 1 saturated heterocycles. The van der Waals surface area contributed by atoms with Crippen molar-refractivity contribution in [3.8, 4) is 0 Å². The molecular formula is C12H12F2N4O2. The molecule has 1 fully saturated rings. The molecule has 0 amide bonds. The molecule has 0 aromatic carbocycles. The first-order valence-corrected chi connectivity index (χ1v) is 6.08. The predicted octanol–water partition coefficient (Wildman–Crippen LogP) is 1.58. The number of carboxylic acid groups (broad SMARTS) is 1. The van der Waals surface area contributed by atoms with Crippen LogP contribution in [0.25, 0.3) is 5.65 Å². The van der Waals surface area contributed by atoms with Crippen molar-refractivity contribution in [1.29, 1.82) is 0 Å². The molecule has 0 unspecified atom stereocenters. The molecule has 0 bridgehead atoms. The molecular weight excluding hydrogens is 270 g/mol. The van der Waals surface area contributed by atoms with Gasteiger partial charge in [0.05, 0.1) is 12.7 Å². The topological polar surface area (TPSA) is 70.7 Å². The number of anilines is 1. The van der Waals surface area contributed by atoms with E-state index in [1.54, 1.807) is 6.92 Å². The van der Waals surface area contributed by atoms with Gasteiger partial charge in [-0.05, 0) is 6.92 Å². The van der Waals surface area contributed by atoms with Crippen molar-refractivity contribution < 1.29 is 18.7 Å². The number of nitrogens with zero attached hydrogens (tertiary/aromatic N) is 4. The van der Waals surface area contributed by atoms with Crippen molar-refractivity contribution in [2.24, 2.45) is 0 Å². The van der Waals surface area contributed by atoms with E-state index in [1.165, 1.54) is 21.8 Å². The van der Waals surface area contributed by atoms with Crippen molar-refractivity contribution in [2.45, 2.75) is 19.3 Å². The first-order valence-electron chi connectivity index (χ1n) is 6.08. The maximum atomic E-state index is 13.3. The summed E-state index contributed by atoms with van der Waals surface area (Å²) in [4.78, 5) is 20.8. The van der Waals surface area contributed by atoms with E-state index >= 15 is 0 Å². The van der Waals surface area contributed by atoms with Gasteiger partial charge in [0, 0.05) is 18.7 Å². The maximum Gasteiger partial charge on any atom is 0.341 e. The molecule has 106 valence electrons. The Kier molecular flexibility index (Phi) is 2.63. The number of carboxylic acids is 1. The lowest BCUT2D eigenvalue weighted by atomic mass is 10.2. The fourth-order valence-electron chi connectivity index (χ4n) is 2.47. The average Bonchev–Trinajstić information content (AvgIpc) is 2.94. The van der Waals surface area contributed by atoms with Crippen LogP contribution in [0.2, 0.25) is 0 Å². The molecule has 20 heavy (non-hydrogen) atoms. The number of aromatic nitrogens is 3. The molecule has 3 rings (SSSR count). The van der Waals surface area contributed by atoms with E-state index in [0.29, 0.717) is 11.3 Å². The van der Waals surface area contributed by atoms with Gasteiger partial charge in [-0.15, -0.1) is 0 Å². The lowest BCUT2D eigenvalue weighted by molar-refractivity contribution is 0.0256. The number of carbonyl (C=O) groups is 1. The summed E-state index contributed by atoms with van der Waals surface area (Å²) >= 11 is 0. The van der Waals surface area contributed by atoms with Gasteiger partial charge in [0.15, 0.2) is 5.65 Å². The summed E-state index contributed by atoms with van der Waals surface area (Å²) in [6, 6.07) is 0. The van der Waals surface area contributed by atoms with Crippen LogP contribution in [-0.4, -0.2) is 44.5 Å². The van der Waals surface area contributed by atoms with Crippen molar-refractivity contribution in [3.63, 3.8) is 0 Å². The van der Waals surface area contributed by atoms with Gasteiger partial charge in [-0.2, -0.15) is 0 Å². The Morgan fingerprint density at radius 3 is 2.85 bits per heavy atom. The summed E-state index contributed by atoms with van der Waals surface area (Å²) in [6.07, 6.45) is 2.63. The van der Waals surface area contributed by atoms with Gasteiger partial charge in [-0.1, -0.05) is 0 Å². The van der Waals surface area contributed by atoms with Gasteiger partial charge in [-0.3, -0.25) is 4.40 Å². The van der Waals surface area contributed by atoms with Crippen molar-refractivity contribution >= 4 is 17.4 Å². The molecule has 2 aromatic heterocycles. The fourth-order valence-corrected chi connectivity index (χ4v) is 2.47. The van der Waals surface area contributed by atoms with Crippen LogP contribution in [0.3, 0.4) is 0 Å². The van der Waals surface area contributed by atoms with Crippen molar-refractivity contribution in [1.82, 2.24) is 14.4 Å². The number of aryl methyl sites for hydroxylation is 1. The van der Waals surface area contributed by atoms with Crippen LogP contribution in [0.1, 0.15) is 22.5 Å². The largest absolute Gasteiger partial charge is 0.477 e. The van der Waals surface area contributed by atoms with Crippen LogP contribution in [0.5, 0.6) is 0 Å². The second kappa shape index (κ2) is 4.12. The predicted molar refractivity (Wildman–Crippen MR) is 66.5 cm³/mol. The normalized spacial score (nSPS) is 17.9.